The van der Waals surface area contributed by atoms with E-state index in [-0.39, 0.29) is 5.97 Å². The fourth-order valence-corrected chi connectivity index (χ4v) is 1.45. The summed E-state index contributed by atoms with van der Waals surface area (Å²) in [5.41, 5.74) is 0. The van der Waals surface area contributed by atoms with Gasteiger partial charge in [0.15, 0.2) is 11.5 Å². The van der Waals surface area contributed by atoms with Crippen LogP contribution < -0.4 is 14.2 Å². The number of carbonyl (C=O) groups is 1. The first kappa shape index (κ1) is 14.2. The summed E-state index contributed by atoms with van der Waals surface area (Å²) in [7, 11) is 4.50. The number of rotatable bonds is 7. The van der Waals surface area contributed by atoms with E-state index in [9.17, 15) is 4.79 Å². The predicted molar refractivity (Wildman–Crippen MR) is 66.3 cm³/mol. The van der Waals surface area contributed by atoms with E-state index < -0.39 is 0 Å². The van der Waals surface area contributed by atoms with E-state index in [0.717, 1.165) is 0 Å². The van der Waals surface area contributed by atoms with Gasteiger partial charge in [-0.05, 0) is 18.6 Å². The third-order valence-corrected chi connectivity index (χ3v) is 2.38. The Morgan fingerprint density at radius 2 is 1.72 bits per heavy atom. The molecule has 1 aromatic carbocycles. The maximum atomic E-state index is 10.9. The van der Waals surface area contributed by atoms with Gasteiger partial charge in [-0.25, -0.2) is 0 Å². The van der Waals surface area contributed by atoms with Crippen LogP contribution in [0.2, 0.25) is 0 Å². The van der Waals surface area contributed by atoms with Gasteiger partial charge in [0, 0.05) is 6.42 Å². The van der Waals surface area contributed by atoms with Crippen molar-refractivity contribution in [3.8, 4) is 17.2 Å². The number of esters is 1. The van der Waals surface area contributed by atoms with Gasteiger partial charge < -0.3 is 18.9 Å². The minimum atomic E-state index is -0.245. The van der Waals surface area contributed by atoms with E-state index >= 15 is 0 Å². The summed E-state index contributed by atoms with van der Waals surface area (Å²) in [6, 6.07) is 5.40. The molecule has 0 saturated heterocycles. The van der Waals surface area contributed by atoms with Crippen molar-refractivity contribution >= 4 is 5.97 Å². The Kier molecular flexibility index (Phi) is 5.84. The molecule has 5 nitrogen and oxygen atoms in total. The third-order valence-electron chi connectivity index (χ3n) is 2.38. The van der Waals surface area contributed by atoms with Crippen LogP contribution >= 0.6 is 0 Å². The summed E-state index contributed by atoms with van der Waals surface area (Å²) in [6.45, 7) is 0.395. The van der Waals surface area contributed by atoms with Crippen LogP contribution in [-0.4, -0.2) is 33.9 Å². The van der Waals surface area contributed by atoms with E-state index in [0.29, 0.717) is 36.7 Å². The number of para-hydroxylation sites is 1. The van der Waals surface area contributed by atoms with Crippen LogP contribution in [0.5, 0.6) is 17.2 Å². The highest BCUT2D eigenvalue weighted by Crippen LogP contribution is 2.36. The molecule has 0 bridgehead atoms. The van der Waals surface area contributed by atoms with Crippen molar-refractivity contribution in [1.82, 2.24) is 0 Å². The molecule has 0 aliphatic heterocycles. The highest BCUT2D eigenvalue weighted by molar-refractivity contribution is 5.69. The molecule has 0 atom stereocenters. The highest BCUT2D eigenvalue weighted by Gasteiger charge is 2.11. The Hall–Kier alpha value is -1.91. The molecule has 0 spiro atoms. The van der Waals surface area contributed by atoms with Crippen LogP contribution in [0.15, 0.2) is 18.2 Å². The van der Waals surface area contributed by atoms with E-state index in [1.54, 1.807) is 26.4 Å². The monoisotopic (exact) mass is 254 g/mol. The van der Waals surface area contributed by atoms with Gasteiger partial charge in [0.1, 0.15) is 0 Å². The van der Waals surface area contributed by atoms with Gasteiger partial charge in [-0.3, -0.25) is 4.79 Å². The minimum absolute atomic E-state index is 0.245. The molecule has 0 radical (unpaired) electrons. The lowest BCUT2D eigenvalue weighted by Gasteiger charge is -2.13. The topological polar surface area (TPSA) is 54.0 Å². The molecule has 0 saturated carbocycles. The van der Waals surface area contributed by atoms with Gasteiger partial charge in [0.25, 0.3) is 0 Å². The Morgan fingerprint density at radius 3 is 2.22 bits per heavy atom. The van der Waals surface area contributed by atoms with E-state index in [2.05, 4.69) is 4.74 Å². The van der Waals surface area contributed by atoms with Crippen molar-refractivity contribution in [2.24, 2.45) is 0 Å². The van der Waals surface area contributed by atoms with Crippen molar-refractivity contribution in [2.45, 2.75) is 12.8 Å². The standard InChI is InChI=1S/C13H18O5/c1-15-10-6-4-7-11(16-2)13(10)18-9-5-8-12(14)17-3/h4,6-7H,5,8-9H2,1-3H3. The SMILES string of the molecule is COC(=O)CCCOc1c(OC)cccc1OC. The fourth-order valence-electron chi connectivity index (χ4n) is 1.45. The maximum Gasteiger partial charge on any atom is 0.305 e. The van der Waals surface area contributed by atoms with Crippen molar-refractivity contribution in [3.63, 3.8) is 0 Å². The number of ether oxygens (including phenoxy) is 4. The maximum absolute atomic E-state index is 10.9. The predicted octanol–water partition coefficient (Wildman–Crippen LogP) is 2.04. The molecule has 0 aromatic heterocycles. The first-order valence-corrected chi connectivity index (χ1v) is 5.63. The van der Waals surface area contributed by atoms with Crippen LogP contribution in [0.1, 0.15) is 12.8 Å². The first-order valence-electron chi connectivity index (χ1n) is 5.63. The number of hydrogen-bond acceptors (Lipinski definition) is 5. The quantitative estimate of drug-likeness (QED) is 0.550. The summed E-state index contributed by atoms with van der Waals surface area (Å²) in [6.07, 6.45) is 0.905. The number of benzene rings is 1. The van der Waals surface area contributed by atoms with Crippen molar-refractivity contribution < 1.29 is 23.7 Å². The van der Waals surface area contributed by atoms with E-state index in [4.69, 9.17) is 14.2 Å². The van der Waals surface area contributed by atoms with Gasteiger partial charge in [-0.1, -0.05) is 6.07 Å². The zero-order valence-corrected chi connectivity index (χ0v) is 10.9. The van der Waals surface area contributed by atoms with Crippen molar-refractivity contribution in [1.29, 1.82) is 0 Å². The van der Waals surface area contributed by atoms with E-state index in [1.165, 1.54) is 7.11 Å². The van der Waals surface area contributed by atoms with Gasteiger partial charge in [0.2, 0.25) is 5.75 Å². The second kappa shape index (κ2) is 7.42. The molecule has 0 unspecified atom stereocenters. The largest absolute Gasteiger partial charge is 0.493 e. The molecule has 100 valence electrons. The molecule has 0 N–H and O–H groups in total. The molecule has 1 aromatic rings. The van der Waals surface area contributed by atoms with Crippen LogP contribution in [-0.2, 0) is 9.53 Å². The third kappa shape index (κ3) is 3.84. The number of methoxy groups -OCH3 is 3. The Bertz CT molecular complexity index is 367. The Morgan fingerprint density at radius 1 is 1.11 bits per heavy atom. The molecule has 5 heteroatoms. The molecule has 0 amide bonds. The molecule has 18 heavy (non-hydrogen) atoms. The summed E-state index contributed by atoms with van der Waals surface area (Å²) < 4.78 is 20.5. The van der Waals surface area contributed by atoms with Gasteiger partial charge in [-0.15, -0.1) is 0 Å². The lowest BCUT2D eigenvalue weighted by atomic mass is 10.3. The average molecular weight is 254 g/mol. The summed E-state index contributed by atoms with van der Waals surface area (Å²) in [5, 5.41) is 0. The van der Waals surface area contributed by atoms with Gasteiger partial charge in [-0.2, -0.15) is 0 Å². The minimum Gasteiger partial charge on any atom is -0.493 e. The molecular weight excluding hydrogens is 236 g/mol. The molecule has 0 aliphatic carbocycles. The smallest absolute Gasteiger partial charge is 0.305 e. The molecule has 0 heterocycles. The van der Waals surface area contributed by atoms with Gasteiger partial charge in [0.05, 0.1) is 27.9 Å². The molecule has 0 fully saturated rings. The zero-order valence-electron chi connectivity index (χ0n) is 10.9. The molecule has 1 rings (SSSR count). The molecular formula is C13H18O5. The highest BCUT2D eigenvalue weighted by atomic mass is 16.5. The Labute approximate surface area is 107 Å². The fraction of sp³-hybridized carbons (Fsp3) is 0.462. The van der Waals surface area contributed by atoms with Crippen LogP contribution in [0.25, 0.3) is 0 Å². The lowest BCUT2D eigenvalue weighted by molar-refractivity contribution is -0.140. The number of carbonyl (C=O) groups excluding carboxylic acids is 1. The van der Waals surface area contributed by atoms with Crippen molar-refractivity contribution in [3.05, 3.63) is 18.2 Å². The van der Waals surface area contributed by atoms with E-state index in [1.807, 2.05) is 6.07 Å². The van der Waals surface area contributed by atoms with Gasteiger partial charge >= 0.3 is 5.97 Å². The van der Waals surface area contributed by atoms with Crippen molar-refractivity contribution in [2.75, 3.05) is 27.9 Å². The zero-order chi connectivity index (χ0) is 13.4. The summed E-state index contributed by atoms with van der Waals surface area (Å²) >= 11 is 0. The van der Waals surface area contributed by atoms with Crippen LogP contribution in [0.4, 0.5) is 0 Å². The Balaban J connectivity index is 2.57. The van der Waals surface area contributed by atoms with Crippen LogP contribution in [0, 0.1) is 0 Å². The first-order chi connectivity index (χ1) is 8.72. The second-order valence-electron chi connectivity index (χ2n) is 3.52. The normalized spacial score (nSPS) is 9.72. The van der Waals surface area contributed by atoms with Crippen LogP contribution in [0.3, 0.4) is 0 Å². The molecule has 0 aliphatic rings. The summed E-state index contributed by atoms with van der Waals surface area (Å²) in [4.78, 5) is 10.9. The second-order valence-corrected chi connectivity index (χ2v) is 3.52. The average Bonchev–Trinajstić information content (AvgIpc) is 2.42. The summed E-state index contributed by atoms with van der Waals surface area (Å²) in [5.74, 6) is 1.51. The lowest BCUT2D eigenvalue weighted by Crippen LogP contribution is -2.05. The number of hydrogen-bond donors (Lipinski definition) is 0.